The summed E-state index contributed by atoms with van der Waals surface area (Å²) in [6, 6.07) is 10.3. The third-order valence-corrected chi connectivity index (χ3v) is 4.19. The van der Waals surface area contributed by atoms with Gasteiger partial charge in [0, 0.05) is 26.2 Å². The van der Waals surface area contributed by atoms with E-state index in [0.717, 1.165) is 26.1 Å². The lowest BCUT2D eigenvalue weighted by Gasteiger charge is -2.17. The fraction of sp³-hybridized carbons (Fsp3) is 0.526. The Balaban J connectivity index is 1.53. The van der Waals surface area contributed by atoms with Gasteiger partial charge in [0.1, 0.15) is 0 Å². The van der Waals surface area contributed by atoms with Gasteiger partial charge in [-0.15, -0.1) is 0 Å². The maximum Gasteiger partial charge on any atom is 0.314 e. The molecule has 0 radical (unpaired) electrons. The smallest absolute Gasteiger partial charge is 0.314 e. The third-order valence-electron chi connectivity index (χ3n) is 4.19. The maximum absolute atomic E-state index is 11.8. The standard InChI is InChI=1S/C19H29N3O/c1-22(16-18-10-6-3-7-11-18)15-14-21-19(23)20-13-12-17-8-4-2-5-9-17/h3,6-8,10-11H,2,4-5,9,12-16H2,1H3,(H2,20,21,23). The predicted molar refractivity (Wildman–Crippen MR) is 95.3 cm³/mol. The van der Waals surface area contributed by atoms with Crippen LogP contribution in [0.4, 0.5) is 4.79 Å². The van der Waals surface area contributed by atoms with Gasteiger partial charge in [-0.25, -0.2) is 4.79 Å². The molecule has 0 spiro atoms. The molecule has 0 saturated carbocycles. The molecule has 1 aromatic carbocycles. The summed E-state index contributed by atoms with van der Waals surface area (Å²) >= 11 is 0. The Kier molecular flexibility index (Phi) is 7.67. The topological polar surface area (TPSA) is 44.4 Å². The van der Waals surface area contributed by atoms with Crippen molar-refractivity contribution in [3.8, 4) is 0 Å². The first-order valence-corrected chi connectivity index (χ1v) is 8.66. The molecule has 2 amide bonds. The zero-order valence-electron chi connectivity index (χ0n) is 14.2. The highest BCUT2D eigenvalue weighted by molar-refractivity contribution is 5.73. The van der Waals surface area contributed by atoms with Gasteiger partial charge in [0.15, 0.2) is 0 Å². The van der Waals surface area contributed by atoms with E-state index in [-0.39, 0.29) is 6.03 Å². The molecule has 0 saturated heterocycles. The molecule has 4 nitrogen and oxygen atoms in total. The molecule has 0 aromatic heterocycles. The van der Waals surface area contributed by atoms with Crippen molar-refractivity contribution in [3.63, 3.8) is 0 Å². The number of nitrogens with one attached hydrogen (secondary N) is 2. The minimum atomic E-state index is -0.0606. The lowest BCUT2D eigenvalue weighted by atomic mass is 9.97. The van der Waals surface area contributed by atoms with Crippen molar-refractivity contribution in [1.29, 1.82) is 0 Å². The molecule has 2 rings (SSSR count). The van der Waals surface area contributed by atoms with E-state index in [1.165, 1.54) is 36.8 Å². The highest BCUT2D eigenvalue weighted by Crippen LogP contribution is 2.19. The Labute approximate surface area is 140 Å². The van der Waals surface area contributed by atoms with Gasteiger partial charge in [-0.2, -0.15) is 0 Å². The number of nitrogens with zero attached hydrogens (tertiary/aromatic N) is 1. The first kappa shape index (κ1) is 17.5. The zero-order chi connectivity index (χ0) is 16.3. The van der Waals surface area contributed by atoms with Crippen LogP contribution in [0.3, 0.4) is 0 Å². The summed E-state index contributed by atoms with van der Waals surface area (Å²) in [6.07, 6.45) is 8.34. The van der Waals surface area contributed by atoms with Crippen molar-refractivity contribution in [3.05, 3.63) is 47.5 Å². The van der Waals surface area contributed by atoms with Crippen LogP contribution < -0.4 is 10.6 Å². The average Bonchev–Trinajstić information content (AvgIpc) is 2.57. The van der Waals surface area contributed by atoms with Gasteiger partial charge in [-0.3, -0.25) is 0 Å². The van der Waals surface area contributed by atoms with Crippen LogP contribution in [0.1, 0.15) is 37.7 Å². The lowest BCUT2D eigenvalue weighted by molar-refractivity contribution is 0.238. The molecule has 23 heavy (non-hydrogen) atoms. The summed E-state index contributed by atoms with van der Waals surface area (Å²) in [5.74, 6) is 0. The highest BCUT2D eigenvalue weighted by atomic mass is 16.2. The van der Waals surface area contributed by atoms with Crippen molar-refractivity contribution in [2.24, 2.45) is 0 Å². The van der Waals surface area contributed by atoms with E-state index in [0.29, 0.717) is 6.54 Å². The van der Waals surface area contributed by atoms with Crippen LogP contribution in [-0.2, 0) is 6.54 Å². The number of hydrogen-bond acceptors (Lipinski definition) is 2. The van der Waals surface area contributed by atoms with E-state index in [4.69, 9.17) is 0 Å². The predicted octanol–water partition coefficient (Wildman–Crippen LogP) is 3.31. The molecule has 0 atom stereocenters. The molecular weight excluding hydrogens is 286 g/mol. The molecule has 1 aliphatic rings. The lowest BCUT2D eigenvalue weighted by Crippen LogP contribution is -2.39. The Morgan fingerprint density at radius 1 is 1.13 bits per heavy atom. The largest absolute Gasteiger partial charge is 0.338 e. The normalized spacial score (nSPS) is 14.4. The molecule has 0 fully saturated rings. The Morgan fingerprint density at radius 3 is 2.65 bits per heavy atom. The second kappa shape index (κ2) is 10.1. The molecule has 0 unspecified atom stereocenters. The number of carbonyl (C=O) groups is 1. The molecule has 0 heterocycles. The SMILES string of the molecule is CN(CCNC(=O)NCCC1=CCCCC1)Cc1ccccc1. The van der Waals surface area contributed by atoms with E-state index in [1.54, 1.807) is 0 Å². The first-order valence-electron chi connectivity index (χ1n) is 8.66. The monoisotopic (exact) mass is 315 g/mol. The molecule has 4 heteroatoms. The molecule has 0 aliphatic heterocycles. The van der Waals surface area contributed by atoms with E-state index < -0.39 is 0 Å². The fourth-order valence-corrected chi connectivity index (χ4v) is 2.87. The van der Waals surface area contributed by atoms with Crippen molar-refractivity contribution in [2.45, 2.75) is 38.6 Å². The summed E-state index contributed by atoms with van der Waals surface area (Å²) in [4.78, 5) is 14.0. The fourth-order valence-electron chi connectivity index (χ4n) is 2.87. The van der Waals surface area contributed by atoms with Crippen molar-refractivity contribution >= 4 is 6.03 Å². The molecule has 126 valence electrons. The van der Waals surface area contributed by atoms with Crippen LogP contribution in [-0.4, -0.2) is 37.6 Å². The van der Waals surface area contributed by atoms with Crippen LogP contribution in [0.5, 0.6) is 0 Å². The number of rotatable bonds is 8. The Morgan fingerprint density at radius 2 is 1.91 bits per heavy atom. The second-order valence-corrected chi connectivity index (χ2v) is 6.26. The van der Waals surface area contributed by atoms with Crippen LogP contribution in [0.25, 0.3) is 0 Å². The average molecular weight is 315 g/mol. The van der Waals surface area contributed by atoms with Gasteiger partial charge >= 0.3 is 6.03 Å². The number of benzene rings is 1. The van der Waals surface area contributed by atoms with Crippen LogP contribution in [0.15, 0.2) is 42.0 Å². The van der Waals surface area contributed by atoms with Gasteiger partial charge in [0.25, 0.3) is 0 Å². The summed E-state index contributed by atoms with van der Waals surface area (Å²) < 4.78 is 0. The van der Waals surface area contributed by atoms with E-state index in [1.807, 2.05) is 6.07 Å². The van der Waals surface area contributed by atoms with E-state index >= 15 is 0 Å². The highest BCUT2D eigenvalue weighted by Gasteiger charge is 2.05. The summed E-state index contributed by atoms with van der Waals surface area (Å²) in [5.41, 5.74) is 2.79. The molecular formula is C19H29N3O. The summed E-state index contributed by atoms with van der Waals surface area (Å²) in [7, 11) is 2.07. The number of likely N-dealkylation sites (N-methyl/N-ethyl adjacent to an activating group) is 1. The first-order chi connectivity index (χ1) is 11.2. The minimum Gasteiger partial charge on any atom is -0.338 e. The molecule has 0 bridgehead atoms. The van der Waals surface area contributed by atoms with Gasteiger partial charge in [0.05, 0.1) is 0 Å². The summed E-state index contributed by atoms with van der Waals surface area (Å²) in [6.45, 7) is 3.14. The quantitative estimate of drug-likeness (QED) is 0.723. The number of allylic oxidation sites excluding steroid dienone is 1. The molecule has 1 aromatic rings. The van der Waals surface area contributed by atoms with Crippen molar-refractivity contribution in [2.75, 3.05) is 26.7 Å². The van der Waals surface area contributed by atoms with Gasteiger partial charge < -0.3 is 15.5 Å². The Bertz CT molecular complexity index is 499. The number of carbonyl (C=O) groups excluding carboxylic acids is 1. The van der Waals surface area contributed by atoms with E-state index in [2.05, 4.69) is 52.9 Å². The van der Waals surface area contributed by atoms with Crippen LogP contribution >= 0.6 is 0 Å². The number of hydrogen-bond donors (Lipinski definition) is 2. The van der Waals surface area contributed by atoms with Crippen LogP contribution in [0.2, 0.25) is 0 Å². The number of amides is 2. The van der Waals surface area contributed by atoms with Crippen molar-refractivity contribution < 1.29 is 4.79 Å². The maximum atomic E-state index is 11.8. The summed E-state index contributed by atoms with van der Waals surface area (Å²) in [5, 5.41) is 5.87. The minimum absolute atomic E-state index is 0.0606. The third kappa shape index (κ3) is 7.33. The van der Waals surface area contributed by atoms with E-state index in [9.17, 15) is 4.79 Å². The second-order valence-electron chi connectivity index (χ2n) is 6.26. The van der Waals surface area contributed by atoms with Crippen molar-refractivity contribution in [1.82, 2.24) is 15.5 Å². The zero-order valence-corrected chi connectivity index (χ0v) is 14.2. The molecule has 2 N–H and O–H groups in total. The van der Waals surface area contributed by atoms with Gasteiger partial charge in [0.2, 0.25) is 0 Å². The molecule has 1 aliphatic carbocycles. The van der Waals surface area contributed by atoms with Gasteiger partial charge in [-0.1, -0.05) is 42.0 Å². The van der Waals surface area contributed by atoms with Gasteiger partial charge in [-0.05, 0) is 44.7 Å². The Hall–Kier alpha value is -1.81. The van der Waals surface area contributed by atoms with Crippen LogP contribution in [0, 0.1) is 0 Å². The number of urea groups is 1.